The van der Waals surface area contributed by atoms with Crippen LogP contribution in [0.1, 0.15) is 21.5 Å². The summed E-state index contributed by atoms with van der Waals surface area (Å²) in [5, 5.41) is 11.0. The van der Waals surface area contributed by atoms with Crippen LogP contribution in [0.25, 0.3) is 0 Å². The molecule has 1 saturated heterocycles. The number of β-amino-alcohol motifs (C(OH)–C–C–N with tert-alkyl or cyclic N) is 1. The molecule has 0 aliphatic carbocycles. The third-order valence-electron chi connectivity index (χ3n) is 6.12. The second-order valence-corrected chi connectivity index (χ2v) is 11.2. The van der Waals surface area contributed by atoms with Crippen LogP contribution >= 0.6 is 11.6 Å². The van der Waals surface area contributed by atoms with E-state index in [4.69, 9.17) is 16.3 Å². The van der Waals surface area contributed by atoms with Crippen LogP contribution in [0.15, 0.2) is 77.7 Å². The predicted octanol–water partition coefficient (Wildman–Crippen LogP) is 3.63. The van der Waals surface area contributed by atoms with Crippen LogP contribution in [0.5, 0.6) is 5.75 Å². The Bertz CT molecular complexity index is 1270. The molecule has 7 nitrogen and oxygen atoms in total. The second-order valence-electron chi connectivity index (χ2n) is 8.84. The van der Waals surface area contributed by atoms with E-state index in [0.717, 1.165) is 5.56 Å². The molecule has 1 N–H and O–H groups in total. The molecule has 1 atom stereocenters. The molecule has 0 radical (unpaired) electrons. The van der Waals surface area contributed by atoms with Crippen molar-refractivity contribution in [2.45, 2.75) is 17.9 Å². The highest BCUT2D eigenvalue weighted by Gasteiger charge is 2.29. The highest BCUT2D eigenvalue weighted by atomic mass is 35.5. The lowest BCUT2D eigenvalue weighted by Crippen LogP contribution is -2.50. The van der Waals surface area contributed by atoms with E-state index in [-0.39, 0.29) is 12.4 Å². The van der Waals surface area contributed by atoms with Crippen LogP contribution in [0.2, 0.25) is 5.02 Å². The summed E-state index contributed by atoms with van der Waals surface area (Å²) < 4.78 is 32.9. The number of piperazine rings is 1. The molecule has 1 heterocycles. The zero-order valence-corrected chi connectivity index (χ0v) is 21.6. The van der Waals surface area contributed by atoms with E-state index >= 15 is 0 Å². The molecule has 0 bridgehead atoms. The van der Waals surface area contributed by atoms with Crippen molar-refractivity contribution in [1.82, 2.24) is 9.21 Å². The van der Waals surface area contributed by atoms with Gasteiger partial charge in [0.2, 0.25) is 10.0 Å². The first kappa shape index (κ1) is 26.3. The minimum absolute atomic E-state index is 0.0896. The number of rotatable bonds is 9. The first-order valence-corrected chi connectivity index (χ1v) is 13.5. The molecule has 1 aliphatic heterocycles. The van der Waals surface area contributed by atoms with Crippen LogP contribution in [0, 0.1) is 6.92 Å². The summed E-state index contributed by atoms with van der Waals surface area (Å²) in [6.45, 7) is 4.19. The Morgan fingerprint density at radius 1 is 0.917 bits per heavy atom. The molecule has 0 unspecified atom stereocenters. The van der Waals surface area contributed by atoms with Crippen molar-refractivity contribution in [3.63, 3.8) is 0 Å². The maximum Gasteiger partial charge on any atom is 0.243 e. The van der Waals surface area contributed by atoms with Crippen molar-refractivity contribution < 1.29 is 23.1 Å². The maximum atomic E-state index is 12.9. The number of aliphatic hydroxyl groups excluding tert-OH is 1. The average Bonchev–Trinajstić information content (AvgIpc) is 2.88. The Balaban J connectivity index is 1.23. The Morgan fingerprint density at radius 2 is 1.47 bits per heavy atom. The van der Waals surface area contributed by atoms with Gasteiger partial charge in [-0.05, 0) is 67.6 Å². The maximum absolute atomic E-state index is 12.9. The summed E-state index contributed by atoms with van der Waals surface area (Å²) in [5.41, 5.74) is 2.09. The largest absolute Gasteiger partial charge is 0.491 e. The van der Waals surface area contributed by atoms with E-state index in [1.165, 1.54) is 4.31 Å². The number of halogens is 1. The summed E-state index contributed by atoms with van der Waals surface area (Å²) in [6.07, 6.45) is -0.736. The molecule has 3 aromatic carbocycles. The zero-order valence-electron chi connectivity index (χ0n) is 20.0. The van der Waals surface area contributed by atoms with E-state index in [1.807, 2.05) is 11.8 Å². The number of hydrogen-bond acceptors (Lipinski definition) is 6. The van der Waals surface area contributed by atoms with E-state index in [0.29, 0.717) is 59.5 Å². The van der Waals surface area contributed by atoms with Crippen LogP contribution in [-0.4, -0.2) is 73.9 Å². The highest BCUT2D eigenvalue weighted by Crippen LogP contribution is 2.19. The summed E-state index contributed by atoms with van der Waals surface area (Å²) in [4.78, 5) is 14.9. The fourth-order valence-electron chi connectivity index (χ4n) is 4.03. The number of benzene rings is 3. The number of carbonyl (C=O) groups is 1. The Labute approximate surface area is 216 Å². The van der Waals surface area contributed by atoms with Crippen molar-refractivity contribution in [3.8, 4) is 5.75 Å². The van der Waals surface area contributed by atoms with Gasteiger partial charge in [0.25, 0.3) is 0 Å². The number of carbonyl (C=O) groups excluding carboxylic acids is 1. The van der Waals surface area contributed by atoms with E-state index in [2.05, 4.69) is 0 Å². The van der Waals surface area contributed by atoms with Crippen LogP contribution in [0.3, 0.4) is 0 Å². The molecule has 190 valence electrons. The number of aliphatic hydroxyl groups is 1. The summed E-state index contributed by atoms with van der Waals surface area (Å²) in [7, 11) is -3.52. The molecule has 0 aromatic heterocycles. The van der Waals surface area contributed by atoms with E-state index in [9.17, 15) is 18.3 Å². The monoisotopic (exact) mass is 528 g/mol. The molecule has 0 amide bonds. The fourth-order valence-corrected chi connectivity index (χ4v) is 5.57. The Kier molecular flexibility index (Phi) is 8.43. The van der Waals surface area contributed by atoms with Gasteiger partial charge in [0.15, 0.2) is 5.78 Å². The summed E-state index contributed by atoms with van der Waals surface area (Å²) >= 11 is 5.88. The topological polar surface area (TPSA) is 87.2 Å². The standard InChI is InChI=1S/C27H29ClN2O5S/c1-20-2-12-26(13-3-20)36(33,34)30-16-14-29(15-17-30)18-24(31)19-35-25-10-6-22(7-11-25)27(32)21-4-8-23(28)9-5-21/h2-13,24,31H,14-19H2,1H3/t24-/m1/s1. The lowest BCUT2D eigenvalue weighted by molar-refractivity contribution is 0.0569. The molecule has 36 heavy (non-hydrogen) atoms. The quantitative estimate of drug-likeness (QED) is 0.427. The predicted molar refractivity (Wildman–Crippen MR) is 139 cm³/mol. The van der Waals surface area contributed by atoms with Gasteiger partial charge >= 0.3 is 0 Å². The molecule has 0 spiro atoms. The van der Waals surface area contributed by atoms with Crippen molar-refractivity contribution in [2.24, 2.45) is 0 Å². The van der Waals surface area contributed by atoms with Crippen molar-refractivity contribution in [3.05, 3.63) is 94.5 Å². The van der Waals surface area contributed by atoms with Gasteiger partial charge in [-0.25, -0.2) is 8.42 Å². The minimum atomic E-state index is -3.52. The summed E-state index contributed by atoms with van der Waals surface area (Å²) in [5.74, 6) is 0.442. The van der Waals surface area contributed by atoms with Gasteiger partial charge in [-0.1, -0.05) is 29.3 Å². The number of aryl methyl sites for hydroxylation is 1. The van der Waals surface area contributed by atoms with Crippen LogP contribution in [-0.2, 0) is 10.0 Å². The van der Waals surface area contributed by atoms with Gasteiger partial charge in [0.1, 0.15) is 18.5 Å². The third kappa shape index (κ3) is 6.52. The van der Waals surface area contributed by atoms with Gasteiger partial charge in [-0.3, -0.25) is 9.69 Å². The normalized spacial score (nSPS) is 16.0. The summed E-state index contributed by atoms with van der Waals surface area (Å²) in [6, 6.07) is 20.4. The second kappa shape index (κ2) is 11.5. The van der Waals surface area contributed by atoms with Gasteiger partial charge in [-0.15, -0.1) is 0 Å². The average molecular weight is 529 g/mol. The van der Waals surface area contributed by atoms with Crippen molar-refractivity contribution >= 4 is 27.4 Å². The lowest BCUT2D eigenvalue weighted by atomic mass is 10.0. The molecule has 4 rings (SSSR count). The third-order valence-corrected chi connectivity index (χ3v) is 8.29. The molecule has 9 heteroatoms. The van der Waals surface area contributed by atoms with Gasteiger partial charge in [-0.2, -0.15) is 4.31 Å². The molecular weight excluding hydrogens is 500 g/mol. The van der Waals surface area contributed by atoms with E-state index in [1.54, 1.807) is 72.8 Å². The van der Waals surface area contributed by atoms with Gasteiger partial charge < -0.3 is 9.84 Å². The molecule has 1 fully saturated rings. The smallest absolute Gasteiger partial charge is 0.243 e. The molecule has 3 aromatic rings. The van der Waals surface area contributed by atoms with Crippen molar-refractivity contribution in [2.75, 3.05) is 39.3 Å². The van der Waals surface area contributed by atoms with Crippen LogP contribution < -0.4 is 4.74 Å². The lowest BCUT2D eigenvalue weighted by Gasteiger charge is -2.34. The van der Waals surface area contributed by atoms with Gasteiger partial charge in [0.05, 0.1) is 4.90 Å². The Hall–Kier alpha value is -2.75. The first-order chi connectivity index (χ1) is 17.2. The molecular formula is C27H29ClN2O5S. The zero-order chi connectivity index (χ0) is 25.7. The molecule has 0 saturated carbocycles. The number of nitrogens with zero attached hydrogens (tertiary/aromatic N) is 2. The van der Waals surface area contributed by atoms with Crippen molar-refractivity contribution in [1.29, 1.82) is 0 Å². The van der Waals surface area contributed by atoms with Crippen LogP contribution in [0.4, 0.5) is 0 Å². The first-order valence-electron chi connectivity index (χ1n) is 11.7. The van der Waals surface area contributed by atoms with Gasteiger partial charge in [0, 0.05) is 48.9 Å². The highest BCUT2D eigenvalue weighted by molar-refractivity contribution is 7.89. The minimum Gasteiger partial charge on any atom is -0.491 e. The number of ether oxygens (including phenoxy) is 1. The number of ketones is 1. The fraction of sp³-hybridized carbons (Fsp3) is 0.296. The Morgan fingerprint density at radius 3 is 2.06 bits per heavy atom. The van der Waals surface area contributed by atoms with E-state index < -0.39 is 16.1 Å². The number of sulfonamides is 1. The molecule has 1 aliphatic rings. The SMILES string of the molecule is Cc1ccc(S(=O)(=O)N2CCN(C[C@@H](O)COc3ccc(C(=O)c4ccc(Cl)cc4)cc3)CC2)cc1. The number of hydrogen-bond donors (Lipinski definition) is 1.